The highest BCUT2D eigenvalue weighted by molar-refractivity contribution is 7.98. The van der Waals surface area contributed by atoms with E-state index in [0.29, 0.717) is 17.3 Å². The molecule has 5 nitrogen and oxygen atoms in total. The van der Waals surface area contributed by atoms with E-state index in [9.17, 15) is 4.79 Å². The van der Waals surface area contributed by atoms with Gasteiger partial charge in [-0.1, -0.05) is 45.4 Å². The number of unbranched alkanes of at least 4 members (excludes halogenated alkanes) is 2. The molecule has 3 rings (SSSR count). The molecule has 2 heterocycles. The first-order valence-corrected chi connectivity index (χ1v) is 10.6. The van der Waals surface area contributed by atoms with Gasteiger partial charge in [-0.05, 0) is 48.1 Å². The summed E-state index contributed by atoms with van der Waals surface area (Å²) in [4.78, 5) is 12.0. The summed E-state index contributed by atoms with van der Waals surface area (Å²) in [6.45, 7) is 9.55. The van der Waals surface area contributed by atoms with Gasteiger partial charge in [-0.25, -0.2) is 4.79 Å². The van der Waals surface area contributed by atoms with Crippen LogP contribution in [0.5, 0.6) is 0 Å². The van der Waals surface area contributed by atoms with Crippen LogP contribution in [0, 0.1) is 6.92 Å². The first-order chi connectivity index (χ1) is 13.0. The summed E-state index contributed by atoms with van der Waals surface area (Å²) in [6, 6.07) is 5.75. The van der Waals surface area contributed by atoms with Crippen molar-refractivity contribution in [1.29, 1.82) is 0 Å². The largest absolute Gasteiger partial charge is 0.423 e. The van der Waals surface area contributed by atoms with Crippen LogP contribution < -0.4 is 5.63 Å². The topological polar surface area (TPSA) is 60.9 Å². The van der Waals surface area contributed by atoms with E-state index in [4.69, 9.17) is 4.42 Å². The Balaban J connectivity index is 1.88. The molecule has 2 aromatic heterocycles. The van der Waals surface area contributed by atoms with Crippen LogP contribution in [0.1, 0.15) is 62.6 Å². The Kier molecular flexibility index (Phi) is 6.37. The van der Waals surface area contributed by atoms with Crippen molar-refractivity contribution in [2.75, 3.05) is 0 Å². The summed E-state index contributed by atoms with van der Waals surface area (Å²) in [5, 5.41) is 10.2. The number of hydrogen-bond acceptors (Lipinski definition) is 5. The minimum Gasteiger partial charge on any atom is -0.423 e. The van der Waals surface area contributed by atoms with Gasteiger partial charge < -0.3 is 8.98 Å². The van der Waals surface area contributed by atoms with Gasteiger partial charge in [-0.2, -0.15) is 0 Å². The molecule has 0 atom stereocenters. The third-order valence-corrected chi connectivity index (χ3v) is 5.81. The van der Waals surface area contributed by atoms with Crippen LogP contribution in [0.25, 0.3) is 11.0 Å². The van der Waals surface area contributed by atoms with Crippen molar-refractivity contribution < 1.29 is 4.42 Å². The smallest absolute Gasteiger partial charge is 0.336 e. The monoisotopic (exact) mass is 385 g/mol. The van der Waals surface area contributed by atoms with Crippen LogP contribution in [0.3, 0.4) is 0 Å². The van der Waals surface area contributed by atoms with E-state index in [0.717, 1.165) is 34.6 Å². The van der Waals surface area contributed by atoms with Gasteiger partial charge in [-0.15, -0.1) is 10.2 Å². The average Bonchev–Trinajstić information content (AvgIpc) is 3.06. The number of nitrogens with zero attached hydrogens (tertiary/aromatic N) is 3. The molecule has 0 fully saturated rings. The normalized spacial score (nSPS) is 11.6. The van der Waals surface area contributed by atoms with Crippen LogP contribution in [-0.2, 0) is 12.3 Å². The quantitative estimate of drug-likeness (QED) is 0.299. The van der Waals surface area contributed by atoms with Crippen molar-refractivity contribution in [2.45, 2.75) is 70.3 Å². The zero-order valence-electron chi connectivity index (χ0n) is 16.5. The highest BCUT2D eigenvalue weighted by atomic mass is 32.2. The van der Waals surface area contributed by atoms with Crippen molar-refractivity contribution >= 4 is 22.7 Å². The fraction of sp³-hybridized carbons (Fsp3) is 0.476. The Hall–Kier alpha value is -2.08. The van der Waals surface area contributed by atoms with E-state index in [1.165, 1.54) is 18.4 Å². The van der Waals surface area contributed by atoms with Crippen molar-refractivity contribution in [3.05, 3.63) is 51.6 Å². The fourth-order valence-corrected chi connectivity index (χ4v) is 4.25. The number of hydrogen-bond donors (Lipinski definition) is 0. The van der Waals surface area contributed by atoms with Gasteiger partial charge in [0.2, 0.25) is 0 Å². The number of aromatic nitrogens is 3. The highest BCUT2D eigenvalue weighted by Gasteiger charge is 2.13. The predicted molar refractivity (Wildman–Crippen MR) is 110 cm³/mol. The molecule has 0 amide bonds. The van der Waals surface area contributed by atoms with E-state index in [2.05, 4.69) is 48.5 Å². The number of aryl methyl sites for hydroxylation is 2. The first kappa shape index (κ1) is 19.7. The maximum absolute atomic E-state index is 12.0. The van der Waals surface area contributed by atoms with Gasteiger partial charge in [0, 0.05) is 23.8 Å². The summed E-state index contributed by atoms with van der Waals surface area (Å²) in [5.74, 6) is 1.08. The van der Waals surface area contributed by atoms with Gasteiger partial charge in [0.25, 0.3) is 0 Å². The number of rotatable bonds is 8. The minimum atomic E-state index is -0.306. The third-order valence-electron chi connectivity index (χ3n) is 4.78. The second kappa shape index (κ2) is 8.74. The summed E-state index contributed by atoms with van der Waals surface area (Å²) >= 11 is 1.62. The Morgan fingerprint density at radius 3 is 2.78 bits per heavy atom. The molecule has 0 saturated carbocycles. The van der Waals surface area contributed by atoms with Crippen LogP contribution in [-0.4, -0.2) is 14.8 Å². The summed E-state index contributed by atoms with van der Waals surface area (Å²) in [7, 11) is 0. The molecule has 0 saturated heterocycles. The average molecular weight is 386 g/mol. The van der Waals surface area contributed by atoms with Crippen molar-refractivity contribution in [1.82, 2.24) is 14.8 Å². The van der Waals surface area contributed by atoms with Gasteiger partial charge in [0.15, 0.2) is 5.16 Å². The lowest BCUT2D eigenvalue weighted by Gasteiger charge is -2.13. The Morgan fingerprint density at radius 2 is 2.04 bits per heavy atom. The van der Waals surface area contributed by atoms with Crippen LogP contribution >= 0.6 is 11.8 Å². The van der Waals surface area contributed by atoms with Gasteiger partial charge in [0.05, 0.1) is 0 Å². The van der Waals surface area contributed by atoms with E-state index in [-0.39, 0.29) is 5.63 Å². The van der Waals surface area contributed by atoms with Gasteiger partial charge >= 0.3 is 5.63 Å². The maximum atomic E-state index is 12.0. The van der Waals surface area contributed by atoms with Crippen LogP contribution in [0.15, 0.2) is 38.9 Å². The van der Waals surface area contributed by atoms with E-state index in [1.54, 1.807) is 24.2 Å². The van der Waals surface area contributed by atoms with E-state index >= 15 is 0 Å². The number of fused-ring (bicyclic) bond motifs is 1. The molecule has 144 valence electrons. The summed E-state index contributed by atoms with van der Waals surface area (Å²) < 4.78 is 7.54. The molecule has 1 aromatic carbocycles. The standard InChI is InChI=1S/C21H27N3O2S/c1-5-6-7-8-24-13-22-23-21(24)27-12-16-10-20(25)26-19-9-15(4)17(14(2)3)11-18(16)19/h9-11,13-14H,5-8,12H2,1-4H3. The molecule has 3 aromatic rings. The lowest BCUT2D eigenvalue weighted by atomic mass is 9.95. The number of benzene rings is 1. The third kappa shape index (κ3) is 4.61. The molecule has 0 bridgehead atoms. The molecule has 0 aliphatic rings. The van der Waals surface area contributed by atoms with Gasteiger partial charge in [-0.3, -0.25) is 0 Å². The summed E-state index contributed by atoms with van der Waals surface area (Å²) in [5.41, 5.74) is 3.77. The lowest BCUT2D eigenvalue weighted by Crippen LogP contribution is -2.03. The van der Waals surface area contributed by atoms with Crippen molar-refractivity contribution in [3.63, 3.8) is 0 Å². The number of thioether (sulfide) groups is 1. The van der Waals surface area contributed by atoms with Crippen molar-refractivity contribution in [3.8, 4) is 0 Å². The Bertz CT molecular complexity index is 975. The zero-order valence-corrected chi connectivity index (χ0v) is 17.3. The lowest BCUT2D eigenvalue weighted by molar-refractivity contribution is 0.559. The maximum Gasteiger partial charge on any atom is 0.336 e. The van der Waals surface area contributed by atoms with Gasteiger partial charge in [0.1, 0.15) is 11.9 Å². The molecule has 0 spiro atoms. The molecule has 0 aliphatic heterocycles. The molecule has 6 heteroatoms. The van der Waals surface area contributed by atoms with Crippen molar-refractivity contribution in [2.24, 2.45) is 0 Å². The Labute approximate surface area is 164 Å². The Morgan fingerprint density at radius 1 is 1.22 bits per heavy atom. The van der Waals surface area contributed by atoms with Crippen LogP contribution in [0.2, 0.25) is 0 Å². The first-order valence-electron chi connectivity index (χ1n) is 9.57. The summed E-state index contributed by atoms with van der Waals surface area (Å²) in [6.07, 6.45) is 5.30. The fourth-order valence-electron chi connectivity index (χ4n) is 3.32. The van der Waals surface area contributed by atoms with E-state index in [1.807, 2.05) is 6.07 Å². The molecule has 0 unspecified atom stereocenters. The zero-order chi connectivity index (χ0) is 19.4. The molecular formula is C21H27N3O2S. The molecule has 0 aliphatic carbocycles. The van der Waals surface area contributed by atoms with Crippen LogP contribution in [0.4, 0.5) is 0 Å². The second-order valence-electron chi connectivity index (χ2n) is 7.25. The molecular weight excluding hydrogens is 358 g/mol. The van der Waals surface area contributed by atoms with E-state index < -0.39 is 0 Å². The molecule has 0 N–H and O–H groups in total. The molecule has 27 heavy (non-hydrogen) atoms. The minimum absolute atomic E-state index is 0.306. The second-order valence-corrected chi connectivity index (χ2v) is 8.20. The SMILES string of the molecule is CCCCCn1cnnc1SCc1cc(=O)oc2cc(C)c(C(C)C)cc12. The predicted octanol–water partition coefficient (Wildman–Crippen LogP) is 5.30. The molecule has 0 radical (unpaired) electrons. The highest BCUT2D eigenvalue weighted by Crippen LogP contribution is 2.30.